The molecule has 6 nitrogen and oxygen atoms in total. The molecule has 0 aromatic carbocycles. The molecular formula is C7H13N5O. The van der Waals surface area contributed by atoms with E-state index in [0.717, 1.165) is 0 Å². The molecule has 2 heterocycles. The van der Waals surface area contributed by atoms with E-state index in [1.165, 1.54) is 4.68 Å². The van der Waals surface area contributed by atoms with Crippen molar-refractivity contribution in [2.75, 3.05) is 12.3 Å². The molecule has 2 rings (SSSR count). The summed E-state index contributed by atoms with van der Waals surface area (Å²) in [6, 6.07) is 0.0403. The first-order valence-electron chi connectivity index (χ1n) is 4.24. The molecule has 0 amide bonds. The zero-order valence-corrected chi connectivity index (χ0v) is 7.44. The van der Waals surface area contributed by atoms with Crippen molar-refractivity contribution in [3.63, 3.8) is 0 Å². The van der Waals surface area contributed by atoms with Crippen molar-refractivity contribution in [3.8, 4) is 0 Å². The minimum Gasteiger partial charge on any atom is -0.392 e. The lowest BCUT2D eigenvalue weighted by atomic mass is 10.2. The van der Waals surface area contributed by atoms with Crippen molar-refractivity contribution in [1.82, 2.24) is 20.1 Å². The molecule has 1 unspecified atom stereocenters. The second kappa shape index (κ2) is 2.97. The second-order valence-electron chi connectivity index (χ2n) is 3.30. The van der Waals surface area contributed by atoms with Crippen LogP contribution in [0.1, 0.15) is 18.3 Å². The van der Waals surface area contributed by atoms with E-state index in [4.69, 9.17) is 5.73 Å². The number of aryl methyl sites for hydroxylation is 1. The average molecular weight is 183 g/mol. The zero-order chi connectivity index (χ0) is 9.42. The second-order valence-corrected chi connectivity index (χ2v) is 3.30. The Morgan fingerprint density at radius 2 is 2.46 bits per heavy atom. The van der Waals surface area contributed by atoms with Gasteiger partial charge in [-0.05, 0) is 6.42 Å². The summed E-state index contributed by atoms with van der Waals surface area (Å²) in [5, 5.41) is 16.5. The highest BCUT2D eigenvalue weighted by atomic mass is 16.3. The van der Waals surface area contributed by atoms with Crippen LogP contribution in [0.15, 0.2) is 0 Å². The van der Waals surface area contributed by atoms with Crippen molar-refractivity contribution >= 4 is 5.95 Å². The number of anilines is 1. The predicted molar refractivity (Wildman–Crippen MR) is 46.8 cm³/mol. The molecule has 1 saturated heterocycles. The molecule has 0 bridgehead atoms. The number of aliphatic hydroxyl groups is 1. The maximum absolute atomic E-state index is 9.28. The van der Waals surface area contributed by atoms with Crippen LogP contribution in [0.25, 0.3) is 0 Å². The fraction of sp³-hybridized carbons (Fsp3) is 0.714. The Morgan fingerprint density at radius 3 is 2.92 bits per heavy atom. The molecule has 2 atom stereocenters. The number of nitrogens with one attached hydrogen (secondary N) is 1. The average Bonchev–Trinajstić information content (AvgIpc) is 2.61. The van der Waals surface area contributed by atoms with Gasteiger partial charge >= 0.3 is 0 Å². The number of hydrogen-bond donors (Lipinski definition) is 3. The zero-order valence-electron chi connectivity index (χ0n) is 7.44. The highest BCUT2D eigenvalue weighted by Crippen LogP contribution is 2.20. The van der Waals surface area contributed by atoms with E-state index in [1.807, 2.05) is 0 Å². The van der Waals surface area contributed by atoms with Gasteiger partial charge in [0, 0.05) is 13.6 Å². The number of hydrogen-bond acceptors (Lipinski definition) is 5. The molecule has 1 aliphatic heterocycles. The van der Waals surface area contributed by atoms with Gasteiger partial charge in [-0.2, -0.15) is 10.1 Å². The Balaban J connectivity index is 2.17. The molecular weight excluding hydrogens is 170 g/mol. The highest BCUT2D eigenvalue weighted by molar-refractivity contribution is 5.17. The quantitative estimate of drug-likeness (QED) is 0.508. The van der Waals surface area contributed by atoms with E-state index < -0.39 is 0 Å². The number of aliphatic hydroxyl groups excluding tert-OH is 1. The van der Waals surface area contributed by atoms with Crippen molar-refractivity contribution in [3.05, 3.63) is 5.82 Å². The molecule has 0 saturated carbocycles. The third-order valence-corrected chi connectivity index (χ3v) is 2.23. The monoisotopic (exact) mass is 183 g/mol. The first-order valence-corrected chi connectivity index (χ1v) is 4.24. The lowest BCUT2D eigenvalue weighted by Gasteiger charge is -2.02. The molecule has 72 valence electrons. The number of aromatic nitrogens is 3. The molecule has 6 heteroatoms. The van der Waals surface area contributed by atoms with Gasteiger partial charge in [0.2, 0.25) is 5.95 Å². The number of nitrogens with two attached hydrogens (primary N) is 1. The standard InChI is InChI=1S/C7H13N5O/c1-12-7(8)10-6(11-12)5-2-4(13)3-9-5/h4-5,9,13H,2-3H2,1H3,(H2,8,10,11)/t4?,5-/m0/s1. The van der Waals surface area contributed by atoms with Crippen molar-refractivity contribution in [2.24, 2.45) is 7.05 Å². The SMILES string of the molecule is Cn1nc([C@@H]2CC(O)CN2)nc1N. The van der Waals surface area contributed by atoms with Crippen molar-refractivity contribution in [1.29, 1.82) is 0 Å². The maximum Gasteiger partial charge on any atom is 0.218 e. The first kappa shape index (κ1) is 8.46. The normalized spacial score (nSPS) is 28.2. The van der Waals surface area contributed by atoms with Crippen LogP contribution < -0.4 is 11.1 Å². The molecule has 4 N–H and O–H groups in total. The maximum atomic E-state index is 9.28. The summed E-state index contributed by atoms with van der Waals surface area (Å²) < 4.78 is 1.53. The molecule has 13 heavy (non-hydrogen) atoms. The highest BCUT2D eigenvalue weighted by Gasteiger charge is 2.26. The summed E-state index contributed by atoms with van der Waals surface area (Å²) >= 11 is 0. The molecule has 0 radical (unpaired) electrons. The third kappa shape index (κ3) is 1.50. The minimum absolute atomic E-state index is 0.0403. The topological polar surface area (TPSA) is 89.0 Å². The van der Waals surface area contributed by atoms with Crippen LogP contribution in [0, 0.1) is 0 Å². The Labute approximate surface area is 75.8 Å². The van der Waals surface area contributed by atoms with E-state index >= 15 is 0 Å². The predicted octanol–water partition coefficient (Wildman–Crippen LogP) is -1.21. The van der Waals surface area contributed by atoms with Crippen molar-refractivity contribution in [2.45, 2.75) is 18.6 Å². The molecule has 1 aliphatic rings. The van der Waals surface area contributed by atoms with Crippen LogP contribution in [0.4, 0.5) is 5.95 Å². The fourth-order valence-corrected chi connectivity index (χ4v) is 1.48. The Bertz CT molecular complexity index is 290. The van der Waals surface area contributed by atoms with Gasteiger partial charge in [0.05, 0.1) is 12.1 Å². The number of nitrogen functional groups attached to an aromatic ring is 1. The molecule has 0 spiro atoms. The summed E-state index contributed by atoms with van der Waals surface area (Å²) in [5.41, 5.74) is 5.54. The van der Waals surface area contributed by atoms with Gasteiger partial charge in [-0.1, -0.05) is 0 Å². The van der Waals surface area contributed by atoms with Gasteiger partial charge < -0.3 is 16.2 Å². The van der Waals surface area contributed by atoms with Gasteiger partial charge in [-0.15, -0.1) is 0 Å². The molecule has 1 aromatic rings. The third-order valence-electron chi connectivity index (χ3n) is 2.23. The van der Waals surface area contributed by atoms with E-state index in [1.54, 1.807) is 7.05 Å². The summed E-state index contributed by atoms with van der Waals surface area (Å²) in [6.45, 7) is 0.600. The fourth-order valence-electron chi connectivity index (χ4n) is 1.48. The molecule has 0 aliphatic carbocycles. The van der Waals surface area contributed by atoms with Crippen LogP contribution >= 0.6 is 0 Å². The van der Waals surface area contributed by atoms with Crippen LogP contribution in [0.2, 0.25) is 0 Å². The van der Waals surface area contributed by atoms with Crippen LogP contribution in [0.3, 0.4) is 0 Å². The van der Waals surface area contributed by atoms with Crippen LogP contribution in [-0.4, -0.2) is 32.5 Å². The minimum atomic E-state index is -0.296. The Kier molecular flexibility index (Phi) is 1.93. The van der Waals surface area contributed by atoms with Gasteiger partial charge in [0.25, 0.3) is 0 Å². The van der Waals surface area contributed by atoms with Gasteiger partial charge in [0.15, 0.2) is 5.82 Å². The van der Waals surface area contributed by atoms with E-state index in [0.29, 0.717) is 24.7 Å². The van der Waals surface area contributed by atoms with Gasteiger partial charge in [-0.25, -0.2) is 4.68 Å². The van der Waals surface area contributed by atoms with Gasteiger partial charge in [-0.3, -0.25) is 0 Å². The lowest BCUT2D eigenvalue weighted by Crippen LogP contribution is -2.16. The largest absolute Gasteiger partial charge is 0.392 e. The van der Waals surface area contributed by atoms with Gasteiger partial charge in [0.1, 0.15) is 0 Å². The number of nitrogens with zero attached hydrogens (tertiary/aromatic N) is 3. The Hall–Kier alpha value is -1.14. The van der Waals surface area contributed by atoms with Crippen molar-refractivity contribution < 1.29 is 5.11 Å². The number of rotatable bonds is 1. The summed E-state index contributed by atoms with van der Waals surface area (Å²) in [5.74, 6) is 1.06. The lowest BCUT2D eigenvalue weighted by molar-refractivity contribution is 0.193. The smallest absolute Gasteiger partial charge is 0.218 e. The Morgan fingerprint density at radius 1 is 1.69 bits per heavy atom. The van der Waals surface area contributed by atoms with E-state index in [9.17, 15) is 5.11 Å². The van der Waals surface area contributed by atoms with Crippen LogP contribution in [0.5, 0.6) is 0 Å². The summed E-state index contributed by atoms with van der Waals surface area (Å²) in [7, 11) is 1.75. The van der Waals surface area contributed by atoms with E-state index in [2.05, 4.69) is 15.4 Å². The van der Waals surface area contributed by atoms with Crippen LogP contribution in [-0.2, 0) is 7.05 Å². The number of β-amino-alcohol motifs (C(OH)–C–C–N with tert-alkyl or cyclic N) is 1. The summed E-state index contributed by atoms with van der Waals surface area (Å²) in [6.07, 6.45) is 0.360. The first-order chi connectivity index (χ1) is 6.16. The molecule has 1 aromatic heterocycles. The summed E-state index contributed by atoms with van der Waals surface area (Å²) in [4.78, 5) is 4.08. The van der Waals surface area contributed by atoms with E-state index in [-0.39, 0.29) is 12.1 Å². The molecule has 1 fully saturated rings.